The Morgan fingerprint density at radius 3 is 2.63 bits per heavy atom. The summed E-state index contributed by atoms with van der Waals surface area (Å²) in [5.41, 5.74) is -0.981. The number of amides is 2. The van der Waals surface area contributed by atoms with E-state index in [1.54, 1.807) is 18.2 Å². The average Bonchev–Trinajstić information content (AvgIpc) is 3.71. The Balaban J connectivity index is 1.20. The molecular formula is C29H30N4O9S. The maximum absolute atomic E-state index is 14.1. The maximum atomic E-state index is 14.1. The molecule has 1 N–H and O–H groups in total. The van der Waals surface area contributed by atoms with E-state index in [0.29, 0.717) is 42.4 Å². The third kappa shape index (κ3) is 5.14. The third-order valence-corrected chi connectivity index (χ3v) is 10.2. The first kappa shape index (κ1) is 28.8. The minimum atomic E-state index is -4.55. The molecule has 3 aromatic rings. The summed E-state index contributed by atoms with van der Waals surface area (Å²) in [6, 6.07) is 7.49. The highest BCUT2D eigenvalue weighted by molar-refractivity contribution is 8.04. The molecule has 4 heterocycles. The lowest BCUT2D eigenvalue weighted by Crippen LogP contribution is -2.62. The molecule has 0 bridgehead atoms. The first-order valence-corrected chi connectivity index (χ1v) is 15.4. The van der Waals surface area contributed by atoms with Crippen LogP contribution < -0.4 is 14.8 Å². The lowest BCUT2D eigenvalue weighted by Gasteiger charge is -2.40. The van der Waals surface area contributed by atoms with E-state index in [1.807, 2.05) is 0 Å². The van der Waals surface area contributed by atoms with Crippen LogP contribution in [0.25, 0.3) is 11.0 Å². The van der Waals surface area contributed by atoms with Gasteiger partial charge in [-0.2, -0.15) is 4.31 Å². The van der Waals surface area contributed by atoms with E-state index in [4.69, 9.17) is 13.9 Å². The van der Waals surface area contributed by atoms with E-state index >= 15 is 0 Å². The van der Waals surface area contributed by atoms with E-state index in [9.17, 15) is 27.6 Å². The number of carbonyl (C=O) groups excluding carboxylic acids is 4. The van der Waals surface area contributed by atoms with E-state index < -0.39 is 57.1 Å². The van der Waals surface area contributed by atoms with Gasteiger partial charge in [0, 0.05) is 30.4 Å². The standard InChI is InChI=1S/C29H30N4O9S/c1-40-20-7-8-23-19(14-20)15-24(41-23)42-28(37)31-29(10-3-2-4-11-29)27(36)32-13-9-21-25(32)22(34)17-33(21)43(38,39)26(35)18-6-5-12-30-16-18/h5-8,12,14-16,21,25H,2-4,9-11,13,17H2,1H3,(H,31,37). The molecule has 1 aromatic carbocycles. The number of ketones is 1. The number of fused-ring (bicyclic) bond motifs is 2. The predicted octanol–water partition coefficient (Wildman–Crippen LogP) is 2.65. The van der Waals surface area contributed by atoms with Gasteiger partial charge in [-0.05, 0) is 49.6 Å². The Bertz CT molecular complexity index is 1700. The van der Waals surface area contributed by atoms with E-state index in [2.05, 4.69) is 10.3 Å². The monoisotopic (exact) mass is 610 g/mol. The van der Waals surface area contributed by atoms with Crippen molar-refractivity contribution < 1.29 is 41.5 Å². The summed E-state index contributed by atoms with van der Waals surface area (Å²) in [6.07, 6.45) is 4.68. The summed E-state index contributed by atoms with van der Waals surface area (Å²) in [6.45, 7) is -0.427. The van der Waals surface area contributed by atoms with Gasteiger partial charge in [-0.15, -0.1) is 0 Å². The number of methoxy groups -OCH3 is 1. The van der Waals surface area contributed by atoms with Crippen molar-refractivity contribution in [3.63, 3.8) is 0 Å². The highest BCUT2D eigenvalue weighted by Crippen LogP contribution is 2.38. The molecule has 6 rings (SSSR count). The molecular weight excluding hydrogens is 580 g/mol. The highest BCUT2D eigenvalue weighted by Gasteiger charge is 2.57. The Hall–Kier alpha value is -4.30. The topological polar surface area (TPSA) is 165 Å². The number of rotatable bonds is 6. The number of nitrogens with one attached hydrogen (secondary N) is 1. The van der Waals surface area contributed by atoms with Gasteiger partial charge in [-0.25, -0.2) is 13.2 Å². The summed E-state index contributed by atoms with van der Waals surface area (Å²) in [4.78, 5) is 58.5. The minimum Gasteiger partial charge on any atom is -0.497 e. The molecule has 0 radical (unpaired) electrons. The fourth-order valence-electron chi connectivity index (χ4n) is 6.37. The van der Waals surface area contributed by atoms with Crippen LogP contribution in [0, 0.1) is 0 Å². The van der Waals surface area contributed by atoms with Gasteiger partial charge in [0.25, 0.3) is 21.1 Å². The number of carbonyl (C=O) groups is 4. The zero-order valence-electron chi connectivity index (χ0n) is 23.4. The lowest BCUT2D eigenvalue weighted by molar-refractivity contribution is -0.143. The molecule has 2 aliphatic heterocycles. The van der Waals surface area contributed by atoms with Crippen molar-refractivity contribution in [2.75, 3.05) is 20.2 Å². The molecule has 2 amide bonds. The van der Waals surface area contributed by atoms with Crippen LogP contribution >= 0.6 is 0 Å². The van der Waals surface area contributed by atoms with Gasteiger partial charge >= 0.3 is 6.09 Å². The number of sulfonamides is 1. The van der Waals surface area contributed by atoms with Crippen molar-refractivity contribution in [2.45, 2.75) is 56.1 Å². The summed E-state index contributed by atoms with van der Waals surface area (Å²) in [5, 5.41) is 2.26. The largest absolute Gasteiger partial charge is 0.497 e. The number of pyridine rings is 1. The minimum absolute atomic E-state index is 0.0644. The van der Waals surface area contributed by atoms with Crippen molar-refractivity contribution in [3.05, 3.63) is 54.4 Å². The fraction of sp³-hybridized carbons (Fsp3) is 0.414. The molecule has 0 spiro atoms. The number of aromatic nitrogens is 1. The fourth-order valence-corrected chi connectivity index (χ4v) is 7.88. The van der Waals surface area contributed by atoms with Crippen molar-refractivity contribution in [1.82, 2.24) is 19.5 Å². The summed E-state index contributed by atoms with van der Waals surface area (Å²) >= 11 is 0. The first-order valence-electron chi connectivity index (χ1n) is 14.0. The molecule has 2 atom stereocenters. The van der Waals surface area contributed by atoms with Crippen LogP contribution in [0.3, 0.4) is 0 Å². The van der Waals surface area contributed by atoms with Crippen LogP contribution in [-0.2, 0) is 19.6 Å². The molecule has 43 heavy (non-hydrogen) atoms. The molecule has 1 aliphatic carbocycles. The number of nitrogens with zero attached hydrogens (tertiary/aromatic N) is 3. The van der Waals surface area contributed by atoms with Crippen molar-refractivity contribution in [2.24, 2.45) is 0 Å². The van der Waals surface area contributed by atoms with Crippen LogP contribution in [0.2, 0.25) is 0 Å². The van der Waals surface area contributed by atoms with Crippen LogP contribution in [0.15, 0.2) is 53.2 Å². The zero-order valence-corrected chi connectivity index (χ0v) is 24.2. The van der Waals surface area contributed by atoms with E-state index in [1.165, 1.54) is 36.4 Å². The summed E-state index contributed by atoms with van der Waals surface area (Å²) in [5.74, 6) is -0.415. The van der Waals surface area contributed by atoms with Crippen LogP contribution in [0.5, 0.6) is 11.7 Å². The number of benzene rings is 1. The van der Waals surface area contributed by atoms with Crippen molar-refractivity contribution >= 4 is 43.9 Å². The van der Waals surface area contributed by atoms with E-state index in [-0.39, 0.29) is 24.5 Å². The Labute approximate surface area is 247 Å². The molecule has 2 unspecified atom stereocenters. The normalized spacial score (nSPS) is 21.9. The number of hydrogen-bond acceptors (Lipinski definition) is 10. The van der Waals surface area contributed by atoms with Gasteiger partial charge in [0.2, 0.25) is 5.91 Å². The number of likely N-dealkylation sites (tertiary alicyclic amines) is 1. The number of ether oxygens (including phenoxy) is 2. The SMILES string of the molecule is COc1ccc2oc(OC(=O)NC3(C(=O)N4CCC5C4C(=O)CN5S(=O)(=O)C(=O)c4cccnc4)CCCCC3)cc2c1. The predicted molar refractivity (Wildman–Crippen MR) is 151 cm³/mol. The maximum Gasteiger partial charge on any atom is 0.415 e. The number of hydrogen-bond donors (Lipinski definition) is 1. The van der Waals surface area contributed by atoms with Crippen LogP contribution in [-0.4, -0.2) is 83.3 Å². The first-order chi connectivity index (χ1) is 20.6. The Morgan fingerprint density at radius 1 is 1.12 bits per heavy atom. The number of furan rings is 1. The Morgan fingerprint density at radius 2 is 1.91 bits per heavy atom. The Kier molecular flexibility index (Phi) is 7.42. The number of Topliss-reactive ketones (excluding diaryl/α,β-unsaturated/α-hetero) is 1. The zero-order chi connectivity index (χ0) is 30.4. The van der Waals surface area contributed by atoms with E-state index in [0.717, 1.165) is 16.9 Å². The van der Waals surface area contributed by atoms with Crippen LogP contribution in [0.1, 0.15) is 48.9 Å². The smallest absolute Gasteiger partial charge is 0.415 e. The third-order valence-electron chi connectivity index (χ3n) is 8.43. The molecule has 14 heteroatoms. The molecule has 3 aliphatic rings. The van der Waals surface area contributed by atoms with Gasteiger partial charge in [0.15, 0.2) is 5.78 Å². The molecule has 2 aromatic heterocycles. The molecule has 13 nitrogen and oxygen atoms in total. The summed E-state index contributed by atoms with van der Waals surface area (Å²) in [7, 11) is -3.02. The van der Waals surface area contributed by atoms with Gasteiger partial charge in [0.05, 0.1) is 25.3 Å². The van der Waals surface area contributed by atoms with Gasteiger partial charge in [-0.3, -0.25) is 19.4 Å². The molecule has 226 valence electrons. The van der Waals surface area contributed by atoms with Crippen molar-refractivity contribution in [1.29, 1.82) is 0 Å². The van der Waals surface area contributed by atoms with Crippen LogP contribution in [0.4, 0.5) is 4.79 Å². The highest BCUT2D eigenvalue weighted by atomic mass is 32.2. The summed E-state index contributed by atoms with van der Waals surface area (Å²) < 4.78 is 43.7. The second-order valence-electron chi connectivity index (χ2n) is 11.0. The molecule has 2 saturated heterocycles. The van der Waals surface area contributed by atoms with Gasteiger partial charge in [-0.1, -0.05) is 19.3 Å². The molecule has 1 saturated carbocycles. The van der Waals surface area contributed by atoms with Crippen molar-refractivity contribution in [3.8, 4) is 11.7 Å². The lowest BCUT2D eigenvalue weighted by atomic mass is 9.80. The second kappa shape index (κ2) is 11.1. The average molecular weight is 611 g/mol. The van der Waals surface area contributed by atoms with Gasteiger partial charge in [0.1, 0.15) is 22.9 Å². The van der Waals surface area contributed by atoms with Gasteiger partial charge < -0.3 is 24.1 Å². The second-order valence-corrected chi connectivity index (χ2v) is 12.8. The molecule has 3 fully saturated rings. The quantitative estimate of drug-likeness (QED) is 0.439.